The summed E-state index contributed by atoms with van der Waals surface area (Å²) < 4.78 is 1.08. The van der Waals surface area contributed by atoms with Gasteiger partial charge in [0, 0.05) is 13.1 Å². The van der Waals surface area contributed by atoms with E-state index in [1.54, 1.807) is 24.3 Å². The van der Waals surface area contributed by atoms with Crippen LogP contribution in [-0.4, -0.2) is 40.5 Å². The summed E-state index contributed by atoms with van der Waals surface area (Å²) in [4.78, 5) is 23.9. The van der Waals surface area contributed by atoms with Crippen molar-refractivity contribution in [2.24, 2.45) is 0 Å². The van der Waals surface area contributed by atoms with Crippen LogP contribution in [0.5, 0.6) is 0 Å². The summed E-state index contributed by atoms with van der Waals surface area (Å²) in [6.07, 6.45) is 1.05. The number of nitrogens with one attached hydrogen (secondary N) is 2. The van der Waals surface area contributed by atoms with Gasteiger partial charge in [0.05, 0.1) is 5.39 Å². The molecular formula is C14H20ClN5O2. The predicted octanol–water partition coefficient (Wildman–Crippen LogP) is 0.329. The molecule has 0 radical (unpaired) electrons. The monoisotopic (exact) mass is 325 g/mol. The largest absolute Gasteiger partial charge is 0.353 e. The minimum Gasteiger partial charge on any atom is -0.353 e. The first kappa shape index (κ1) is 18.1. The van der Waals surface area contributed by atoms with Gasteiger partial charge in [0.25, 0.3) is 5.56 Å². The Balaban J connectivity index is 0.00000242. The number of carbonyl (C=O) groups is 1. The maximum absolute atomic E-state index is 12.1. The van der Waals surface area contributed by atoms with Crippen LogP contribution in [0.25, 0.3) is 10.9 Å². The molecule has 0 bridgehead atoms. The zero-order valence-corrected chi connectivity index (χ0v) is 13.2. The molecule has 1 aromatic heterocycles. The molecule has 2 N–H and O–H groups in total. The molecular weight excluding hydrogens is 306 g/mol. The first-order valence-corrected chi connectivity index (χ1v) is 7.02. The number of fused-ring (bicyclic) bond motifs is 1. The molecule has 0 spiro atoms. The number of rotatable bonds is 7. The second kappa shape index (κ2) is 9.11. The van der Waals surface area contributed by atoms with E-state index in [-0.39, 0.29) is 30.4 Å². The van der Waals surface area contributed by atoms with Crippen LogP contribution in [-0.2, 0) is 11.3 Å². The third-order valence-electron chi connectivity index (χ3n) is 2.97. The van der Waals surface area contributed by atoms with E-state index in [9.17, 15) is 9.59 Å². The molecule has 0 aliphatic heterocycles. The van der Waals surface area contributed by atoms with Crippen molar-refractivity contribution in [1.82, 2.24) is 25.6 Å². The van der Waals surface area contributed by atoms with E-state index < -0.39 is 0 Å². The topological polar surface area (TPSA) is 88.9 Å². The first-order valence-electron chi connectivity index (χ1n) is 7.02. The first-order chi connectivity index (χ1) is 10.2. The number of amides is 1. The molecule has 0 aliphatic carbocycles. The number of aromatic nitrogens is 3. The maximum atomic E-state index is 12.1. The molecule has 0 saturated carbocycles. The lowest BCUT2D eigenvalue weighted by molar-refractivity contribution is -0.121. The lowest BCUT2D eigenvalue weighted by atomic mass is 10.2. The fourth-order valence-electron chi connectivity index (χ4n) is 1.91. The molecule has 2 rings (SSSR count). The summed E-state index contributed by atoms with van der Waals surface area (Å²) in [5.41, 5.74) is 0.225. The number of hydrogen-bond donors (Lipinski definition) is 2. The molecule has 0 unspecified atom stereocenters. The minimum absolute atomic E-state index is 0. The molecule has 0 aliphatic rings. The Bertz CT molecular complexity index is 674. The summed E-state index contributed by atoms with van der Waals surface area (Å²) in [5.74, 6) is -0.250. The zero-order chi connectivity index (χ0) is 15.1. The van der Waals surface area contributed by atoms with Crippen molar-refractivity contribution < 1.29 is 4.79 Å². The molecule has 120 valence electrons. The van der Waals surface area contributed by atoms with E-state index in [1.165, 1.54) is 0 Å². The molecule has 1 amide bonds. The van der Waals surface area contributed by atoms with Crippen LogP contribution >= 0.6 is 12.4 Å². The molecule has 8 heteroatoms. The summed E-state index contributed by atoms with van der Waals surface area (Å²) in [7, 11) is 0. The average molecular weight is 326 g/mol. The average Bonchev–Trinajstić information content (AvgIpc) is 2.50. The van der Waals surface area contributed by atoms with Gasteiger partial charge in [-0.15, -0.1) is 17.5 Å². The highest BCUT2D eigenvalue weighted by Gasteiger charge is 2.08. The third-order valence-corrected chi connectivity index (χ3v) is 2.97. The van der Waals surface area contributed by atoms with E-state index in [2.05, 4.69) is 27.9 Å². The quantitative estimate of drug-likeness (QED) is 0.716. The molecule has 7 nitrogen and oxygen atoms in total. The SMILES string of the molecule is CCCNCCNC(=O)Cn1nnc2ccccc2c1=O.Cl. The van der Waals surface area contributed by atoms with Crippen molar-refractivity contribution in [3.05, 3.63) is 34.6 Å². The van der Waals surface area contributed by atoms with Crippen LogP contribution < -0.4 is 16.2 Å². The summed E-state index contributed by atoms with van der Waals surface area (Å²) >= 11 is 0. The van der Waals surface area contributed by atoms with Crippen molar-refractivity contribution in [2.75, 3.05) is 19.6 Å². The van der Waals surface area contributed by atoms with Crippen LogP contribution in [0.1, 0.15) is 13.3 Å². The van der Waals surface area contributed by atoms with Gasteiger partial charge in [-0.05, 0) is 25.1 Å². The number of benzene rings is 1. The highest BCUT2D eigenvalue weighted by atomic mass is 35.5. The molecule has 0 atom stereocenters. The summed E-state index contributed by atoms with van der Waals surface area (Å²) in [6.45, 7) is 4.11. The molecule has 0 saturated heterocycles. The molecule has 0 fully saturated rings. The van der Waals surface area contributed by atoms with Gasteiger partial charge in [0.1, 0.15) is 12.1 Å². The van der Waals surface area contributed by atoms with E-state index in [1.807, 2.05) is 0 Å². The van der Waals surface area contributed by atoms with E-state index in [0.29, 0.717) is 24.0 Å². The van der Waals surface area contributed by atoms with Gasteiger partial charge >= 0.3 is 0 Å². The fourth-order valence-corrected chi connectivity index (χ4v) is 1.91. The highest BCUT2D eigenvalue weighted by Crippen LogP contribution is 2.02. The van der Waals surface area contributed by atoms with Crippen LogP contribution in [0.4, 0.5) is 0 Å². The Kier molecular flexibility index (Phi) is 7.48. The smallest absolute Gasteiger partial charge is 0.278 e. The minimum atomic E-state index is -0.306. The van der Waals surface area contributed by atoms with Crippen LogP contribution in [0.15, 0.2) is 29.1 Å². The standard InChI is InChI=1S/C14H19N5O2.ClH/c1-2-7-15-8-9-16-13(20)10-19-14(21)11-5-3-4-6-12(11)17-18-19;/h3-6,15H,2,7-10H2,1H3,(H,16,20);1H. The molecule has 2 aromatic rings. The maximum Gasteiger partial charge on any atom is 0.278 e. The number of halogens is 1. The zero-order valence-electron chi connectivity index (χ0n) is 12.4. The predicted molar refractivity (Wildman–Crippen MR) is 87.2 cm³/mol. The van der Waals surface area contributed by atoms with Crippen LogP contribution in [0.3, 0.4) is 0 Å². The second-order valence-corrected chi connectivity index (χ2v) is 4.67. The number of carbonyl (C=O) groups excluding carboxylic acids is 1. The van der Waals surface area contributed by atoms with Gasteiger partial charge < -0.3 is 10.6 Å². The second-order valence-electron chi connectivity index (χ2n) is 4.67. The van der Waals surface area contributed by atoms with Crippen molar-refractivity contribution in [2.45, 2.75) is 19.9 Å². The number of nitrogens with zero attached hydrogens (tertiary/aromatic N) is 3. The van der Waals surface area contributed by atoms with Crippen LogP contribution in [0, 0.1) is 0 Å². The van der Waals surface area contributed by atoms with Crippen molar-refractivity contribution in [3.8, 4) is 0 Å². The Labute approximate surface area is 134 Å². The van der Waals surface area contributed by atoms with Gasteiger partial charge in [-0.3, -0.25) is 9.59 Å². The molecule has 1 heterocycles. The van der Waals surface area contributed by atoms with Gasteiger partial charge in [-0.1, -0.05) is 24.3 Å². The Morgan fingerprint density at radius 2 is 2.00 bits per heavy atom. The Morgan fingerprint density at radius 1 is 1.23 bits per heavy atom. The summed E-state index contributed by atoms with van der Waals surface area (Å²) in [6, 6.07) is 6.94. The Morgan fingerprint density at radius 3 is 2.77 bits per heavy atom. The summed E-state index contributed by atoms with van der Waals surface area (Å²) in [5, 5.41) is 14.1. The number of hydrogen-bond acceptors (Lipinski definition) is 5. The van der Waals surface area contributed by atoms with Crippen molar-refractivity contribution >= 4 is 29.2 Å². The van der Waals surface area contributed by atoms with E-state index in [4.69, 9.17) is 0 Å². The lowest BCUT2D eigenvalue weighted by Crippen LogP contribution is -2.37. The van der Waals surface area contributed by atoms with Crippen molar-refractivity contribution in [3.63, 3.8) is 0 Å². The highest BCUT2D eigenvalue weighted by molar-refractivity contribution is 5.85. The Hall–Kier alpha value is -1.99. The molecule has 1 aromatic carbocycles. The van der Waals surface area contributed by atoms with Gasteiger partial charge in [0.2, 0.25) is 5.91 Å². The normalized spacial score (nSPS) is 10.2. The van der Waals surface area contributed by atoms with Gasteiger partial charge in [0.15, 0.2) is 0 Å². The molecule has 22 heavy (non-hydrogen) atoms. The van der Waals surface area contributed by atoms with Gasteiger partial charge in [-0.25, -0.2) is 4.68 Å². The lowest BCUT2D eigenvalue weighted by Gasteiger charge is -2.07. The van der Waals surface area contributed by atoms with Crippen molar-refractivity contribution in [1.29, 1.82) is 0 Å². The van der Waals surface area contributed by atoms with Gasteiger partial charge in [-0.2, -0.15) is 0 Å². The fraction of sp³-hybridized carbons (Fsp3) is 0.429. The van der Waals surface area contributed by atoms with Crippen LogP contribution in [0.2, 0.25) is 0 Å². The van der Waals surface area contributed by atoms with E-state index in [0.717, 1.165) is 17.6 Å². The third kappa shape index (κ3) is 4.78. The van der Waals surface area contributed by atoms with E-state index >= 15 is 0 Å².